The third-order valence-corrected chi connectivity index (χ3v) is 5.37. The number of rotatable bonds is 9. The van der Waals surface area contributed by atoms with Gasteiger partial charge in [-0.05, 0) is 57.2 Å². The lowest BCUT2D eigenvalue weighted by atomic mass is 10.1. The Morgan fingerprint density at radius 3 is 2.93 bits per heavy atom. The summed E-state index contributed by atoms with van der Waals surface area (Å²) < 4.78 is 11.3. The molecule has 2 aliphatic rings. The van der Waals surface area contributed by atoms with Gasteiger partial charge in [-0.2, -0.15) is 0 Å². The fourth-order valence-electron chi connectivity index (χ4n) is 3.79. The Labute approximate surface area is 169 Å². The van der Waals surface area contributed by atoms with E-state index >= 15 is 0 Å². The highest BCUT2D eigenvalue weighted by Gasteiger charge is 2.16. The van der Waals surface area contributed by atoms with Gasteiger partial charge in [-0.1, -0.05) is 12.1 Å². The van der Waals surface area contributed by atoms with Crippen LogP contribution < -0.4 is 15.5 Å². The third kappa shape index (κ3) is 6.38. The van der Waals surface area contributed by atoms with Crippen molar-refractivity contribution in [3.8, 4) is 0 Å². The lowest BCUT2D eigenvalue weighted by Crippen LogP contribution is -2.39. The smallest absolute Gasteiger partial charge is 0.191 e. The zero-order chi connectivity index (χ0) is 19.6. The number of aliphatic imine (C=N–C) groups is 1. The first-order valence-corrected chi connectivity index (χ1v) is 10.9. The van der Waals surface area contributed by atoms with Crippen LogP contribution in [0.25, 0.3) is 0 Å². The van der Waals surface area contributed by atoms with Crippen LogP contribution in [0, 0.1) is 0 Å². The summed E-state index contributed by atoms with van der Waals surface area (Å²) in [6.45, 7) is 10.3. The van der Waals surface area contributed by atoms with E-state index in [1.54, 1.807) is 0 Å². The van der Waals surface area contributed by atoms with Gasteiger partial charge in [-0.3, -0.25) is 4.99 Å². The zero-order valence-corrected chi connectivity index (χ0v) is 17.5. The molecular weight excluding hydrogens is 352 g/mol. The molecule has 0 amide bonds. The number of nitrogens with zero attached hydrogens (tertiary/aromatic N) is 2. The van der Waals surface area contributed by atoms with Crippen molar-refractivity contribution in [1.29, 1.82) is 0 Å². The Kier molecular flexibility index (Phi) is 8.42. The molecule has 2 fully saturated rings. The molecule has 156 valence electrons. The van der Waals surface area contributed by atoms with E-state index in [0.717, 1.165) is 32.0 Å². The molecule has 2 N–H and O–H groups in total. The Bertz CT molecular complexity index is 610. The summed E-state index contributed by atoms with van der Waals surface area (Å²) in [5.41, 5.74) is 2.61. The molecule has 0 saturated carbocycles. The van der Waals surface area contributed by atoms with E-state index in [1.165, 1.54) is 37.2 Å². The summed E-state index contributed by atoms with van der Waals surface area (Å²) >= 11 is 0. The lowest BCUT2D eigenvalue weighted by molar-refractivity contribution is 0.0200. The first-order valence-electron chi connectivity index (χ1n) is 10.9. The minimum atomic E-state index is 0.188. The van der Waals surface area contributed by atoms with Crippen molar-refractivity contribution < 1.29 is 9.47 Å². The van der Waals surface area contributed by atoms with Crippen molar-refractivity contribution >= 4 is 11.6 Å². The van der Waals surface area contributed by atoms with Crippen LogP contribution in [0.15, 0.2) is 29.3 Å². The van der Waals surface area contributed by atoms with E-state index < -0.39 is 0 Å². The summed E-state index contributed by atoms with van der Waals surface area (Å²) in [6.07, 6.45) is 5.13. The molecule has 1 aromatic carbocycles. The van der Waals surface area contributed by atoms with E-state index in [4.69, 9.17) is 9.47 Å². The van der Waals surface area contributed by atoms with Crippen LogP contribution in [0.2, 0.25) is 0 Å². The van der Waals surface area contributed by atoms with Crippen LogP contribution in [0.1, 0.15) is 51.1 Å². The number of guanidine groups is 1. The second-order valence-electron chi connectivity index (χ2n) is 7.63. The van der Waals surface area contributed by atoms with E-state index in [1.807, 2.05) is 0 Å². The molecule has 2 unspecified atom stereocenters. The number of nitrogens with one attached hydrogen (secondary N) is 2. The van der Waals surface area contributed by atoms with Crippen LogP contribution >= 0.6 is 0 Å². The van der Waals surface area contributed by atoms with Gasteiger partial charge in [0.25, 0.3) is 0 Å². The number of benzene rings is 1. The van der Waals surface area contributed by atoms with Gasteiger partial charge >= 0.3 is 0 Å². The van der Waals surface area contributed by atoms with Crippen molar-refractivity contribution in [3.63, 3.8) is 0 Å². The fourth-order valence-corrected chi connectivity index (χ4v) is 3.79. The average Bonchev–Trinajstić information content (AvgIpc) is 3.42. The molecule has 1 aromatic rings. The number of ether oxygens (including phenoxy) is 2. The maximum Gasteiger partial charge on any atom is 0.191 e. The summed E-state index contributed by atoms with van der Waals surface area (Å²) in [7, 11) is 0. The first kappa shape index (κ1) is 20.9. The van der Waals surface area contributed by atoms with Gasteiger partial charge in [0.2, 0.25) is 0 Å². The third-order valence-electron chi connectivity index (χ3n) is 5.37. The van der Waals surface area contributed by atoms with Gasteiger partial charge < -0.3 is 25.0 Å². The van der Waals surface area contributed by atoms with Gasteiger partial charge in [-0.15, -0.1) is 0 Å². The van der Waals surface area contributed by atoms with Gasteiger partial charge in [0.05, 0.1) is 31.9 Å². The summed E-state index contributed by atoms with van der Waals surface area (Å²) in [6, 6.07) is 9.05. The quantitative estimate of drug-likeness (QED) is 0.387. The second-order valence-corrected chi connectivity index (χ2v) is 7.63. The largest absolute Gasteiger partial charge is 0.377 e. The van der Waals surface area contributed by atoms with Gasteiger partial charge in [0.15, 0.2) is 5.96 Å². The molecule has 28 heavy (non-hydrogen) atoms. The Morgan fingerprint density at radius 1 is 1.32 bits per heavy atom. The van der Waals surface area contributed by atoms with Crippen molar-refractivity contribution in [2.24, 2.45) is 4.99 Å². The van der Waals surface area contributed by atoms with Crippen molar-refractivity contribution in [2.75, 3.05) is 50.9 Å². The molecule has 2 aliphatic heterocycles. The minimum Gasteiger partial charge on any atom is -0.377 e. The molecule has 6 heteroatoms. The highest BCUT2D eigenvalue weighted by Crippen LogP contribution is 2.23. The zero-order valence-electron chi connectivity index (χ0n) is 17.5. The average molecular weight is 389 g/mol. The monoisotopic (exact) mass is 388 g/mol. The standard InChI is InChI=1S/C22H36N4O2/c1-3-23-22(24-11-15-27-17-21-10-7-14-28-21)25-18(2)19-8-6-9-20(16-19)26-12-4-5-13-26/h6,8-9,16,18,21H,3-5,7,10-15,17H2,1-2H3,(H2,23,24,25). The molecule has 6 nitrogen and oxygen atoms in total. The van der Waals surface area contributed by atoms with Gasteiger partial charge in [0.1, 0.15) is 0 Å². The van der Waals surface area contributed by atoms with E-state index in [9.17, 15) is 0 Å². The second kappa shape index (κ2) is 11.3. The minimum absolute atomic E-state index is 0.188. The predicted octanol–water partition coefficient (Wildman–Crippen LogP) is 3.10. The Morgan fingerprint density at radius 2 is 2.18 bits per heavy atom. The number of hydrogen-bond donors (Lipinski definition) is 2. The highest BCUT2D eigenvalue weighted by molar-refractivity contribution is 5.80. The number of hydrogen-bond acceptors (Lipinski definition) is 4. The molecule has 0 radical (unpaired) electrons. The van der Waals surface area contributed by atoms with Crippen LogP contribution in [0.4, 0.5) is 5.69 Å². The van der Waals surface area contributed by atoms with Crippen LogP contribution in [-0.4, -0.2) is 58.1 Å². The van der Waals surface area contributed by atoms with Crippen molar-refractivity contribution in [3.05, 3.63) is 29.8 Å². The Hall–Kier alpha value is -1.79. The Balaban J connectivity index is 1.48. The SMILES string of the molecule is CCNC(=NCCOCC1CCCO1)NC(C)c1cccc(N2CCCC2)c1. The molecule has 0 spiro atoms. The number of anilines is 1. The summed E-state index contributed by atoms with van der Waals surface area (Å²) in [5, 5.41) is 6.86. The van der Waals surface area contributed by atoms with E-state index in [2.05, 4.69) is 58.6 Å². The van der Waals surface area contributed by atoms with Crippen LogP contribution in [0.3, 0.4) is 0 Å². The molecule has 2 heterocycles. The highest BCUT2D eigenvalue weighted by atomic mass is 16.5. The van der Waals surface area contributed by atoms with Gasteiger partial charge in [-0.25, -0.2) is 0 Å². The molecular formula is C22H36N4O2. The van der Waals surface area contributed by atoms with Gasteiger partial charge in [0, 0.05) is 31.9 Å². The fraction of sp³-hybridized carbons (Fsp3) is 0.682. The maximum atomic E-state index is 5.72. The first-order chi connectivity index (χ1) is 13.8. The maximum absolute atomic E-state index is 5.72. The molecule has 0 bridgehead atoms. The van der Waals surface area contributed by atoms with E-state index in [0.29, 0.717) is 19.8 Å². The van der Waals surface area contributed by atoms with E-state index in [-0.39, 0.29) is 12.1 Å². The molecule has 3 rings (SSSR count). The summed E-state index contributed by atoms with van der Waals surface area (Å²) in [5.74, 6) is 0.835. The molecule has 2 atom stereocenters. The lowest BCUT2D eigenvalue weighted by Gasteiger charge is -2.22. The topological polar surface area (TPSA) is 58.1 Å². The molecule has 0 aromatic heterocycles. The van der Waals surface area contributed by atoms with Crippen LogP contribution in [-0.2, 0) is 9.47 Å². The predicted molar refractivity (Wildman–Crippen MR) is 115 cm³/mol. The van der Waals surface area contributed by atoms with Crippen LogP contribution in [0.5, 0.6) is 0 Å². The summed E-state index contributed by atoms with van der Waals surface area (Å²) in [4.78, 5) is 7.13. The van der Waals surface area contributed by atoms with Crippen molar-refractivity contribution in [1.82, 2.24) is 10.6 Å². The molecule has 0 aliphatic carbocycles. The van der Waals surface area contributed by atoms with Crippen molar-refractivity contribution in [2.45, 2.75) is 51.7 Å². The normalized spacial score (nSPS) is 21.1. The molecule has 2 saturated heterocycles.